The van der Waals surface area contributed by atoms with Gasteiger partial charge in [0.2, 0.25) is 6.79 Å². The topological polar surface area (TPSA) is 63.8 Å². The summed E-state index contributed by atoms with van der Waals surface area (Å²) in [5.41, 5.74) is 2.19. The van der Waals surface area contributed by atoms with Crippen LogP contribution in [0.25, 0.3) is 10.9 Å². The number of likely N-dealkylation sites (N-methyl/N-ethyl adjacent to an activating group) is 1. The number of carbonyl (C=O) groups excluding carboxylic acids is 1. The van der Waals surface area contributed by atoms with E-state index in [-0.39, 0.29) is 6.79 Å². The van der Waals surface area contributed by atoms with Crippen LogP contribution in [-0.2, 0) is 15.9 Å². The third-order valence-corrected chi connectivity index (χ3v) is 3.69. The van der Waals surface area contributed by atoms with Crippen LogP contribution in [0.15, 0.2) is 24.4 Å². The number of unbranched alkanes of at least 4 members (excludes halogenated alkanes) is 1. The van der Waals surface area contributed by atoms with E-state index >= 15 is 0 Å². The van der Waals surface area contributed by atoms with E-state index in [2.05, 4.69) is 9.88 Å². The molecule has 0 atom stereocenters. The van der Waals surface area contributed by atoms with Gasteiger partial charge in [0.1, 0.15) is 5.75 Å². The highest BCUT2D eigenvalue weighted by molar-refractivity contribution is 5.89. The van der Waals surface area contributed by atoms with Crippen molar-refractivity contribution in [1.82, 2.24) is 9.88 Å². The van der Waals surface area contributed by atoms with Crippen molar-refractivity contribution in [3.05, 3.63) is 30.0 Å². The normalized spacial score (nSPS) is 11.0. The van der Waals surface area contributed by atoms with Crippen LogP contribution in [0.1, 0.15) is 25.3 Å². The molecule has 0 aliphatic rings. The molecule has 0 amide bonds. The number of aromatic amines is 1. The summed E-state index contributed by atoms with van der Waals surface area (Å²) >= 11 is 0. The fourth-order valence-electron chi connectivity index (χ4n) is 2.36. The highest BCUT2D eigenvalue weighted by atomic mass is 16.8. The maximum atomic E-state index is 11.4. The number of rotatable bonds is 9. The minimum Gasteiger partial charge on any atom is -0.457 e. The van der Waals surface area contributed by atoms with Gasteiger partial charge in [-0.05, 0) is 44.6 Å². The summed E-state index contributed by atoms with van der Waals surface area (Å²) in [6.07, 6.45) is 4.01. The van der Waals surface area contributed by atoms with Crippen LogP contribution in [0.5, 0.6) is 5.75 Å². The number of carbonyl (C=O) groups is 1. The van der Waals surface area contributed by atoms with Gasteiger partial charge < -0.3 is 24.1 Å². The summed E-state index contributed by atoms with van der Waals surface area (Å²) < 4.78 is 15.5. The van der Waals surface area contributed by atoms with Gasteiger partial charge >= 0.3 is 6.16 Å². The second kappa shape index (κ2) is 9.17. The van der Waals surface area contributed by atoms with Crippen LogP contribution in [0, 0.1) is 0 Å². The predicted octanol–water partition coefficient (Wildman–Crippen LogP) is 3.56. The van der Waals surface area contributed by atoms with E-state index in [1.807, 2.05) is 45.4 Å². The Labute approximate surface area is 142 Å². The van der Waals surface area contributed by atoms with Crippen molar-refractivity contribution in [2.24, 2.45) is 0 Å². The Morgan fingerprint density at radius 2 is 2.08 bits per heavy atom. The van der Waals surface area contributed by atoms with Crippen LogP contribution < -0.4 is 4.74 Å². The Morgan fingerprint density at radius 3 is 2.83 bits per heavy atom. The minimum absolute atomic E-state index is 0.164. The molecular formula is C18H26N2O4. The summed E-state index contributed by atoms with van der Waals surface area (Å²) in [5.74, 6) is 0.698. The van der Waals surface area contributed by atoms with Gasteiger partial charge in [-0.2, -0.15) is 0 Å². The minimum atomic E-state index is -0.697. The van der Waals surface area contributed by atoms with E-state index < -0.39 is 6.16 Å². The third-order valence-electron chi connectivity index (χ3n) is 3.69. The van der Waals surface area contributed by atoms with Crippen LogP contribution in [0.3, 0.4) is 0 Å². The van der Waals surface area contributed by atoms with Crippen molar-refractivity contribution in [2.75, 3.05) is 34.0 Å². The number of ether oxygens (including phenoxy) is 3. The van der Waals surface area contributed by atoms with Crippen LogP contribution in [-0.4, -0.2) is 50.1 Å². The van der Waals surface area contributed by atoms with Gasteiger partial charge in [-0.15, -0.1) is 0 Å². The number of nitrogens with zero attached hydrogens (tertiary/aromatic N) is 1. The molecule has 0 fully saturated rings. The lowest BCUT2D eigenvalue weighted by Crippen LogP contribution is -2.15. The van der Waals surface area contributed by atoms with Gasteiger partial charge in [0.25, 0.3) is 0 Å². The number of H-pyrrole nitrogens is 1. The largest absolute Gasteiger partial charge is 0.511 e. The average Bonchev–Trinajstić information content (AvgIpc) is 2.97. The van der Waals surface area contributed by atoms with Crippen molar-refractivity contribution in [1.29, 1.82) is 0 Å². The number of nitrogens with one attached hydrogen (secondary N) is 1. The molecular weight excluding hydrogens is 308 g/mol. The van der Waals surface area contributed by atoms with Crippen molar-refractivity contribution in [3.8, 4) is 5.75 Å². The van der Waals surface area contributed by atoms with E-state index in [1.54, 1.807) is 0 Å². The zero-order chi connectivity index (χ0) is 17.4. The summed E-state index contributed by atoms with van der Waals surface area (Å²) in [5, 5.41) is 1.03. The first-order chi connectivity index (χ1) is 11.6. The Morgan fingerprint density at radius 1 is 1.25 bits per heavy atom. The quantitative estimate of drug-likeness (QED) is 0.431. The monoisotopic (exact) mass is 334 g/mol. The molecule has 1 heterocycles. The Balaban J connectivity index is 1.95. The summed E-state index contributed by atoms with van der Waals surface area (Å²) in [6.45, 7) is 3.19. The summed E-state index contributed by atoms with van der Waals surface area (Å²) in [4.78, 5) is 16.8. The standard InChI is InChI=1S/C18H26N2O4/c1-4-5-11-22-18(21)24-13-23-16-8-6-7-15-17(16)14(12-19-15)9-10-20(2)3/h6-8,12,19H,4-5,9-11,13H2,1-3H3. The van der Waals surface area contributed by atoms with Gasteiger partial charge in [0.15, 0.2) is 0 Å². The van der Waals surface area contributed by atoms with E-state index in [0.29, 0.717) is 12.4 Å². The van der Waals surface area contributed by atoms with Gasteiger partial charge in [0.05, 0.1) is 6.61 Å². The maximum Gasteiger partial charge on any atom is 0.511 e. The molecule has 2 aromatic rings. The second-order valence-electron chi connectivity index (χ2n) is 5.90. The Kier molecular flexibility index (Phi) is 6.93. The molecule has 1 aromatic heterocycles. The van der Waals surface area contributed by atoms with E-state index in [1.165, 1.54) is 5.56 Å². The first kappa shape index (κ1) is 18.1. The third kappa shape index (κ3) is 5.16. The van der Waals surface area contributed by atoms with E-state index in [9.17, 15) is 4.79 Å². The molecule has 0 saturated heterocycles. The van der Waals surface area contributed by atoms with Crippen molar-refractivity contribution in [3.63, 3.8) is 0 Å². The van der Waals surface area contributed by atoms with Gasteiger partial charge in [-0.25, -0.2) is 4.79 Å². The molecule has 6 nitrogen and oxygen atoms in total. The van der Waals surface area contributed by atoms with Gasteiger partial charge in [-0.1, -0.05) is 19.4 Å². The lowest BCUT2D eigenvalue weighted by atomic mass is 10.1. The second-order valence-corrected chi connectivity index (χ2v) is 5.90. The highest BCUT2D eigenvalue weighted by Crippen LogP contribution is 2.29. The zero-order valence-electron chi connectivity index (χ0n) is 14.6. The predicted molar refractivity (Wildman–Crippen MR) is 93.4 cm³/mol. The van der Waals surface area contributed by atoms with Crippen LogP contribution in [0.4, 0.5) is 4.79 Å². The molecule has 0 aliphatic carbocycles. The Hall–Kier alpha value is -2.21. The van der Waals surface area contributed by atoms with Gasteiger partial charge in [-0.3, -0.25) is 0 Å². The fraction of sp³-hybridized carbons (Fsp3) is 0.500. The number of hydrogen-bond donors (Lipinski definition) is 1. The molecule has 1 aromatic carbocycles. The van der Waals surface area contributed by atoms with Crippen molar-refractivity contribution in [2.45, 2.75) is 26.2 Å². The first-order valence-electron chi connectivity index (χ1n) is 8.28. The lowest BCUT2D eigenvalue weighted by Gasteiger charge is -2.11. The fourth-order valence-corrected chi connectivity index (χ4v) is 2.36. The number of fused-ring (bicyclic) bond motifs is 1. The molecule has 24 heavy (non-hydrogen) atoms. The summed E-state index contributed by atoms with van der Waals surface area (Å²) in [7, 11) is 4.09. The summed E-state index contributed by atoms with van der Waals surface area (Å²) in [6, 6.07) is 5.78. The van der Waals surface area contributed by atoms with Crippen molar-refractivity contribution < 1.29 is 19.0 Å². The van der Waals surface area contributed by atoms with Crippen LogP contribution in [0.2, 0.25) is 0 Å². The molecule has 2 rings (SSSR count). The lowest BCUT2D eigenvalue weighted by molar-refractivity contribution is 0.00474. The molecule has 0 spiro atoms. The zero-order valence-corrected chi connectivity index (χ0v) is 14.6. The average molecular weight is 334 g/mol. The molecule has 6 heteroatoms. The number of aromatic nitrogens is 1. The number of benzene rings is 1. The van der Waals surface area contributed by atoms with E-state index in [4.69, 9.17) is 14.2 Å². The number of hydrogen-bond acceptors (Lipinski definition) is 5. The SMILES string of the molecule is CCCCOC(=O)OCOc1cccc2[nH]cc(CCN(C)C)c12. The molecule has 0 saturated carbocycles. The van der Waals surface area contributed by atoms with Crippen LogP contribution >= 0.6 is 0 Å². The molecule has 0 radical (unpaired) electrons. The molecule has 0 aliphatic heterocycles. The smallest absolute Gasteiger partial charge is 0.457 e. The highest BCUT2D eigenvalue weighted by Gasteiger charge is 2.11. The molecule has 132 valence electrons. The molecule has 0 unspecified atom stereocenters. The Bertz CT molecular complexity index is 652. The van der Waals surface area contributed by atoms with Crippen molar-refractivity contribution >= 4 is 17.1 Å². The van der Waals surface area contributed by atoms with E-state index in [0.717, 1.165) is 36.7 Å². The molecule has 1 N–H and O–H groups in total. The molecule has 0 bridgehead atoms. The maximum absolute atomic E-state index is 11.4. The first-order valence-corrected chi connectivity index (χ1v) is 8.28. The van der Waals surface area contributed by atoms with Gasteiger partial charge in [0, 0.05) is 23.6 Å².